The lowest BCUT2D eigenvalue weighted by molar-refractivity contribution is 0.178. The van der Waals surface area contributed by atoms with Crippen molar-refractivity contribution >= 4 is 0 Å². The molecule has 0 radical (unpaired) electrons. The molecule has 2 heteroatoms. The molecule has 0 bridgehead atoms. The van der Waals surface area contributed by atoms with E-state index in [0.29, 0.717) is 6.42 Å². The Hall–Kier alpha value is -1.67. The van der Waals surface area contributed by atoms with Crippen molar-refractivity contribution in [2.75, 3.05) is 0 Å². The van der Waals surface area contributed by atoms with Crippen LogP contribution in [0.1, 0.15) is 28.4 Å². The minimum absolute atomic E-state index is 0.448. The molecule has 0 aliphatic heterocycles. The van der Waals surface area contributed by atoms with Gasteiger partial charge in [0.2, 0.25) is 0 Å². The number of aryl methyl sites for hydroxylation is 2. The molecule has 0 spiro atoms. The van der Waals surface area contributed by atoms with E-state index in [1.807, 2.05) is 24.3 Å². The third kappa shape index (κ3) is 3.14. The molecule has 2 aromatic rings. The van der Waals surface area contributed by atoms with Crippen molar-refractivity contribution in [1.82, 2.24) is 4.98 Å². The van der Waals surface area contributed by atoms with Crippen LogP contribution in [0.5, 0.6) is 0 Å². The van der Waals surface area contributed by atoms with Gasteiger partial charge in [0.15, 0.2) is 0 Å². The van der Waals surface area contributed by atoms with Gasteiger partial charge >= 0.3 is 0 Å². The number of benzene rings is 1. The van der Waals surface area contributed by atoms with Gasteiger partial charge in [-0.25, -0.2) is 0 Å². The number of aliphatic hydroxyl groups excluding tert-OH is 1. The Morgan fingerprint density at radius 1 is 1.06 bits per heavy atom. The lowest BCUT2D eigenvalue weighted by atomic mass is 9.99. The van der Waals surface area contributed by atoms with Crippen molar-refractivity contribution in [3.8, 4) is 0 Å². The quantitative estimate of drug-likeness (QED) is 0.874. The summed E-state index contributed by atoms with van der Waals surface area (Å²) in [5.74, 6) is 0. The Morgan fingerprint density at radius 3 is 2.24 bits per heavy atom. The van der Waals surface area contributed by atoms with Crippen LogP contribution in [-0.4, -0.2) is 10.1 Å². The van der Waals surface area contributed by atoms with Crippen LogP contribution < -0.4 is 0 Å². The smallest absolute Gasteiger partial charge is 0.0830 e. The second-order valence-corrected chi connectivity index (χ2v) is 4.50. The molecule has 0 aliphatic rings. The number of nitrogens with zero attached hydrogens (tertiary/aromatic N) is 1. The van der Waals surface area contributed by atoms with E-state index in [1.165, 1.54) is 11.1 Å². The molecular weight excluding hydrogens is 210 g/mol. The van der Waals surface area contributed by atoms with Gasteiger partial charge in [0, 0.05) is 18.8 Å². The van der Waals surface area contributed by atoms with Gasteiger partial charge in [0.25, 0.3) is 0 Å². The van der Waals surface area contributed by atoms with Gasteiger partial charge in [-0.1, -0.05) is 29.3 Å². The first-order chi connectivity index (χ1) is 8.15. The monoisotopic (exact) mass is 227 g/mol. The van der Waals surface area contributed by atoms with Crippen LogP contribution in [0.4, 0.5) is 0 Å². The zero-order valence-corrected chi connectivity index (χ0v) is 10.2. The van der Waals surface area contributed by atoms with Gasteiger partial charge in [-0.05, 0) is 37.1 Å². The minimum Gasteiger partial charge on any atom is -0.388 e. The predicted octanol–water partition coefficient (Wildman–Crippen LogP) is 2.97. The van der Waals surface area contributed by atoms with Crippen LogP contribution in [0, 0.1) is 13.8 Å². The first-order valence-corrected chi connectivity index (χ1v) is 5.80. The summed E-state index contributed by atoms with van der Waals surface area (Å²) in [7, 11) is 0. The van der Waals surface area contributed by atoms with Crippen LogP contribution in [0.25, 0.3) is 0 Å². The summed E-state index contributed by atoms with van der Waals surface area (Å²) in [5, 5.41) is 10.2. The van der Waals surface area contributed by atoms with Crippen molar-refractivity contribution < 1.29 is 5.11 Å². The van der Waals surface area contributed by atoms with Crippen LogP contribution in [0.15, 0.2) is 42.7 Å². The van der Waals surface area contributed by atoms with Crippen molar-refractivity contribution in [3.05, 3.63) is 65.0 Å². The lowest BCUT2D eigenvalue weighted by Crippen LogP contribution is -2.02. The molecule has 2 nitrogen and oxygen atoms in total. The highest BCUT2D eigenvalue weighted by molar-refractivity contribution is 5.30. The maximum Gasteiger partial charge on any atom is 0.0830 e. The highest BCUT2D eigenvalue weighted by atomic mass is 16.3. The number of aliphatic hydroxyl groups is 1. The maximum atomic E-state index is 10.2. The third-order valence-electron chi connectivity index (χ3n) is 2.81. The standard InChI is InChI=1S/C15H17NO/c1-11-7-12(2)9-14(8-11)15(17)10-13-3-5-16-6-4-13/h3-9,15,17H,10H2,1-2H3. The van der Waals surface area contributed by atoms with E-state index in [2.05, 4.69) is 24.9 Å². The summed E-state index contributed by atoms with van der Waals surface area (Å²) in [6, 6.07) is 10.1. The molecule has 1 N–H and O–H groups in total. The molecule has 1 aromatic carbocycles. The Balaban J connectivity index is 2.17. The van der Waals surface area contributed by atoms with Crippen molar-refractivity contribution in [2.24, 2.45) is 0 Å². The Kier molecular flexibility index (Phi) is 3.55. The minimum atomic E-state index is -0.448. The average Bonchev–Trinajstić information content (AvgIpc) is 2.29. The molecule has 0 saturated heterocycles. The van der Waals surface area contributed by atoms with Gasteiger partial charge in [-0.15, -0.1) is 0 Å². The SMILES string of the molecule is Cc1cc(C)cc(C(O)Cc2ccncc2)c1. The van der Waals surface area contributed by atoms with E-state index >= 15 is 0 Å². The summed E-state index contributed by atoms with van der Waals surface area (Å²) < 4.78 is 0. The van der Waals surface area contributed by atoms with Crippen LogP contribution in [0.3, 0.4) is 0 Å². The number of rotatable bonds is 3. The van der Waals surface area contributed by atoms with Crippen LogP contribution in [-0.2, 0) is 6.42 Å². The summed E-state index contributed by atoms with van der Waals surface area (Å²) in [6.45, 7) is 4.10. The Labute approximate surface area is 102 Å². The summed E-state index contributed by atoms with van der Waals surface area (Å²) in [4.78, 5) is 3.97. The predicted molar refractivity (Wildman–Crippen MR) is 68.8 cm³/mol. The molecule has 1 aromatic heterocycles. The van der Waals surface area contributed by atoms with Gasteiger partial charge in [-0.3, -0.25) is 4.98 Å². The van der Waals surface area contributed by atoms with Crippen molar-refractivity contribution in [1.29, 1.82) is 0 Å². The van der Waals surface area contributed by atoms with Gasteiger partial charge in [0.05, 0.1) is 6.10 Å². The average molecular weight is 227 g/mol. The topological polar surface area (TPSA) is 33.1 Å². The molecule has 0 fully saturated rings. The molecule has 1 heterocycles. The molecule has 0 saturated carbocycles. The summed E-state index contributed by atoms with van der Waals surface area (Å²) in [5.41, 5.74) is 4.47. The van der Waals surface area contributed by atoms with Gasteiger partial charge in [0.1, 0.15) is 0 Å². The molecule has 0 aliphatic carbocycles. The zero-order valence-electron chi connectivity index (χ0n) is 10.2. The van der Waals surface area contributed by atoms with Crippen molar-refractivity contribution in [3.63, 3.8) is 0 Å². The maximum absolute atomic E-state index is 10.2. The summed E-state index contributed by atoms with van der Waals surface area (Å²) >= 11 is 0. The second kappa shape index (κ2) is 5.11. The van der Waals surface area contributed by atoms with E-state index in [1.54, 1.807) is 12.4 Å². The third-order valence-corrected chi connectivity index (χ3v) is 2.81. The van der Waals surface area contributed by atoms with Crippen LogP contribution >= 0.6 is 0 Å². The fourth-order valence-corrected chi connectivity index (χ4v) is 2.06. The normalized spacial score (nSPS) is 12.4. The second-order valence-electron chi connectivity index (χ2n) is 4.50. The fraction of sp³-hybridized carbons (Fsp3) is 0.267. The first-order valence-electron chi connectivity index (χ1n) is 5.80. The lowest BCUT2D eigenvalue weighted by Gasteiger charge is -2.12. The van der Waals surface area contributed by atoms with Crippen LogP contribution in [0.2, 0.25) is 0 Å². The van der Waals surface area contributed by atoms with Crippen molar-refractivity contribution in [2.45, 2.75) is 26.4 Å². The fourth-order valence-electron chi connectivity index (χ4n) is 2.06. The highest BCUT2D eigenvalue weighted by Gasteiger charge is 2.09. The van der Waals surface area contributed by atoms with Gasteiger partial charge in [-0.2, -0.15) is 0 Å². The highest BCUT2D eigenvalue weighted by Crippen LogP contribution is 2.20. The Bertz CT molecular complexity index is 473. The number of hydrogen-bond donors (Lipinski definition) is 1. The largest absolute Gasteiger partial charge is 0.388 e. The molecule has 88 valence electrons. The van der Waals surface area contributed by atoms with E-state index in [0.717, 1.165) is 11.1 Å². The summed E-state index contributed by atoms with van der Waals surface area (Å²) in [6.07, 6.45) is 3.69. The van der Waals surface area contributed by atoms with Gasteiger partial charge < -0.3 is 5.11 Å². The molecule has 1 unspecified atom stereocenters. The molecule has 2 rings (SSSR count). The van der Waals surface area contributed by atoms with E-state index in [4.69, 9.17) is 0 Å². The molecule has 1 atom stereocenters. The van der Waals surface area contributed by atoms with E-state index < -0.39 is 6.10 Å². The number of aromatic nitrogens is 1. The molecule has 0 amide bonds. The first kappa shape index (κ1) is 11.8. The van der Waals surface area contributed by atoms with E-state index in [-0.39, 0.29) is 0 Å². The zero-order chi connectivity index (χ0) is 12.3. The molecule has 17 heavy (non-hydrogen) atoms. The Morgan fingerprint density at radius 2 is 1.65 bits per heavy atom. The van der Waals surface area contributed by atoms with E-state index in [9.17, 15) is 5.11 Å². The number of pyridine rings is 1. The number of hydrogen-bond acceptors (Lipinski definition) is 2. The molecular formula is C15H17NO.